The highest BCUT2D eigenvalue weighted by Gasteiger charge is 2.14. The summed E-state index contributed by atoms with van der Waals surface area (Å²) in [6, 6.07) is 0. The van der Waals surface area contributed by atoms with Gasteiger partial charge in [0.05, 0.1) is 6.10 Å². The zero-order valence-corrected chi connectivity index (χ0v) is 6.21. The molecule has 1 fully saturated rings. The zero-order valence-electron chi connectivity index (χ0n) is 6.21. The molecule has 2 nitrogen and oxygen atoms in total. The molecule has 2 radical (unpaired) electrons. The third kappa shape index (κ3) is 2.67. The van der Waals surface area contributed by atoms with E-state index < -0.39 is 0 Å². The fourth-order valence-corrected chi connectivity index (χ4v) is 1.03. The van der Waals surface area contributed by atoms with Crippen LogP contribution in [0.1, 0.15) is 19.3 Å². The molecule has 0 amide bonds. The molecule has 58 valence electrons. The summed E-state index contributed by atoms with van der Waals surface area (Å²) in [5, 5.41) is 0. The van der Waals surface area contributed by atoms with E-state index in [2.05, 4.69) is 13.8 Å². The minimum absolute atomic E-state index is 0.0475. The van der Waals surface area contributed by atoms with Crippen molar-refractivity contribution in [3.05, 3.63) is 13.8 Å². The van der Waals surface area contributed by atoms with Crippen molar-refractivity contribution >= 4 is 0 Å². The van der Waals surface area contributed by atoms with E-state index >= 15 is 0 Å². The second kappa shape index (κ2) is 3.94. The molecule has 1 saturated heterocycles. The maximum Gasteiger partial charge on any atom is 0.157 e. The van der Waals surface area contributed by atoms with Crippen molar-refractivity contribution in [2.75, 3.05) is 6.61 Å². The first kappa shape index (κ1) is 8.02. The molecular formula is C8H14O2. The Balaban J connectivity index is 2.13. The molecule has 0 N–H and O–H groups in total. The lowest BCUT2D eigenvalue weighted by atomic mass is 10.2. The van der Waals surface area contributed by atoms with Crippen molar-refractivity contribution < 1.29 is 9.47 Å². The lowest BCUT2D eigenvalue weighted by molar-refractivity contribution is -0.170. The minimum atomic E-state index is -0.205. The summed E-state index contributed by atoms with van der Waals surface area (Å²) in [4.78, 5) is 0. The normalized spacial score (nSPS) is 27.3. The smallest absolute Gasteiger partial charge is 0.157 e. The molecular weight excluding hydrogens is 128 g/mol. The average molecular weight is 142 g/mol. The van der Waals surface area contributed by atoms with E-state index in [1.54, 1.807) is 0 Å². The molecule has 1 aliphatic heterocycles. The summed E-state index contributed by atoms with van der Waals surface area (Å²) in [6.07, 6.45) is 3.08. The Hall–Kier alpha value is -0.0800. The van der Waals surface area contributed by atoms with Crippen LogP contribution in [0.4, 0.5) is 0 Å². The maximum atomic E-state index is 5.29. The molecule has 1 rings (SSSR count). The third-order valence-corrected chi connectivity index (χ3v) is 1.48. The predicted molar refractivity (Wildman–Crippen MR) is 39.2 cm³/mol. The SMILES string of the molecule is [CH2]C([CH2])OC1CCCCO1. The van der Waals surface area contributed by atoms with Crippen LogP contribution < -0.4 is 0 Å². The van der Waals surface area contributed by atoms with Gasteiger partial charge < -0.3 is 9.47 Å². The van der Waals surface area contributed by atoms with E-state index in [1.807, 2.05) is 0 Å². The van der Waals surface area contributed by atoms with Gasteiger partial charge in [0, 0.05) is 6.61 Å². The van der Waals surface area contributed by atoms with E-state index in [9.17, 15) is 0 Å². The van der Waals surface area contributed by atoms with Crippen molar-refractivity contribution in [1.29, 1.82) is 0 Å². The van der Waals surface area contributed by atoms with Crippen LogP contribution in [-0.2, 0) is 9.47 Å². The third-order valence-electron chi connectivity index (χ3n) is 1.48. The van der Waals surface area contributed by atoms with Crippen molar-refractivity contribution in [3.8, 4) is 0 Å². The first-order chi connectivity index (χ1) is 4.79. The standard InChI is InChI=1S/C8H14O2/c1-7(2)10-8-5-3-4-6-9-8/h7-8H,1-6H2. The fraction of sp³-hybridized carbons (Fsp3) is 0.750. The van der Waals surface area contributed by atoms with Crippen LogP contribution in [0.25, 0.3) is 0 Å². The summed E-state index contributed by atoms with van der Waals surface area (Å²) < 4.78 is 10.5. The Bertz CT molecular complexity index is 85.3. The van der Waals surface area contributed by atoms with Crippen LogP contribution in [0.15, 0.2) is 0 Å². The van der Waals surface area contributed by atoms with Gasteiger partial charge in [-0.15, -0.1) is 0 Å². The molecule has 0 aromatic rings. The molecule has 10 heavy (non-hydrogen) atoms. The number of rotatable bonds is 2. The highest BCUT2D eigenvalue weighted by molar-refractivity contribution is 4.64. The van der Waals surface area contributed by atoms with Gasteiger partial charge in [0.2, 0.25) is 0 Å². The monoisotopic (exact) mass is 142 g/mol. The molecule has 0 bridgehead atoms. The van der Waals surface area contributed by atoms with Gasteiger partial charge in [0.25, 0.3) is 0 Å². The fourth-order valence-electron chi connectivity index (χ4n) is 1.03. The molecule has 1 heterocycles. The molecule has 0 saturated carbocycles. The summed E-state index contributed by atoms with van der Waals surface area (Å²) >= 11 is 0. The van der Waals surface area contributed by atoms with Gasteiger partial charge in [-0.2, -0.15) is 0 Å². The van der Waals surface area contributed by atoms with Crippen LogP contribution >= 0.6 is 0 Å². The lowest BCUT2D eigenvalue weighted by Gasteiger charge is -2.24. The molecule has 2 heteroatoms. The summed E-state index contributed by atoms with van der Waals surface area (Å²) in [5.74, 6) is 0. The van der Waals surface area contributed by atoms with Gasteiger partial charge in [-0.1, -0.05) is 0 Å². The second-order valence-electron chi connectivity index (χ2n) is 2.55. The molecule has 0 spiro atoms. The Morgan fingerprint density at radius 2 is 2.20 bits per heavy atom. The van der Waals surface area contributed by atoms with Crippen LogP contribution in [0.2, 0.25) is 0 Å². The van der Waals surface area contributed by atoms with Crippen LogP contribution in [0, 0.1) is 13.8 Å². The maximum absolute atomic E-state index is 5.29. The highest BCUT2D eigenvalue weighted by Crippen LogP contribution is 2.14. The van der Waals surface area contributed by atoms with E-state index in [4.69, 9.17) is 9.47 Å². The van der Waals surface area contributed by atoms with Crippen molar-refractivity contribution in [3.63, 3.8) is 0 Å². The number of hydrogen-bond acceptors (Lipinski definition) is 2. The van der Waals surface area contributed by atoms with Crippen LogP contribution in [0.3, 0.4) is 0 Å². The van der Waals surface area contributed by atoms with Gasteiger partial charge >= 0.3 is 0 Å². The minimum Gasteiger partial charge on any atom is -0.353 e. The van der Waals surface area contributed by atoms with Crippen LogP contribution in [-0.4, -0.2) is 19.0 Å². The molecule has 0 aromatic heterocycles. The van der Waals surface area contributed by atoms with Gasteiger partial charge in [-0.3, -0.25) is 0 Å². The van der Waals surface area contributed by atoms with Crippen LogP contribution in [0.5, 0.6) is 0 Å². The molecule has 1 atom stereocenters. The van der Waals surface area contributed by atoms with E-state index in [1.165, 1.54) is 6.42 Å². The Kier molecular flexibility index (Phi) is 3.16. The summed E-state index contributed by atoms with van der Waals surface area (Å²) in [5.41, 5.74) is 0. The second-order valence-corrected chi connectivity index (χ2v) is 2.55. The van der Waals surface area contributed by atoms with Crippen molar-refractivity contribution in [1.82, 2.24) is 0 Å². The molecule has 0 aliphatic carbocycles. The van der Waals surface area contributed by atoms with Crippen molar-refractivity contribution in [2.45, 2.75) is 31.7 Å². The zero-order chi connectivity index (χ0) is 7.40. The Morgan fingerprint density at radius 1 is 1.40 bits per heavy atom. The van der Waals surface area contributed by atoms with Gasteiger partial charge in [-0.05, 0) is 33.1 Å². The average Bonchev–Trinajstić information content (AvgIpc) is 1.88. The van der Waals surface area contributed by atoms with E-state index in [0.717, 1.165) is 19.4 Å². The largest absolute Gasteiger partial charge is 0.353 e. The first-order valence-corrected chi connectivity index (χ1v) is 3.72. The topological polar surface area (TPSA) is 18.5 Å². The lowest BCUT2D eigenvalue weighted by Crippen LogP contribution is -2.25. The molecule has 0 aromatic carbocycles. The van der Waals surface area contributed by atoms with Gasteiger partial charge in [0.1, 0.15) is 0 Å². The highest BCUT2D eigenvalue weighted by atomic mass is 16.7. The summed E-state index contributed by atoms with van der Waals surface area (Å²) in [7, 11) is 0. The Morgan fingerprint density at radius 3 is 2.70 bits per heavy atom. The number of hydrogen-bond donors (Lipinski definition) is 0. The predicted octanol–water partition coefficient (Wildman–Crippen LogP) is 1.57. The molecule has 1 unspecified atom stereocenters. The quantitative estimate of drug-likeness (QED) is 0.582. The van der Waals surface area contributed by atoms with Crippen molar-refractivity contribution in [2.24, 2.45) is 0 Å². The van der Waals surface area contributed by atoms with Gasteiger partial charge in [-0.25, -0.2) is 0 Å². The number of ether oxygens (including phenoxy) is 2. The Labute approximate surface area is 62.5 Å². The van der Waals surface area contributed by atoms with E-state index in [-0.39, 0.29) is 12.4 Å². The van der Waals surface area contributed by atoms with E-state index in [0.29, 0.717) is 0 Å². The summed E-state index contributed by atoms with van der Waals surface area (Å²) in [6.45, 7) is 8.06. The molecule has 1 aliphatic rings. The van der Waals surface area contributed by atoms with Gasteiger partial charge in [0.15, 0.2) is 6.29 Å². The first-order valence-electron chi connectivity index (χ1n) is 3.72.